The Morgan fingerprint density at radius 1 is 1.21 bits per heavy atom. The summed E-state index contributed by atoms with van der Waals surface area (Å²) in [5.74, 6) is 0.598. The van der Waals surface area contributed by atoms with Gasteiger partial charge < -0.3 is 15.1 Å². The van der Waals surface area contributed by atoms with Crippen molar-refractivity contribution in [3.05, 3.63) is 59.7 Å². The average molecular weight is 379 g/mol. The predicted octanol–water partition coefficient (Wildman–Crippen LogP) is 2.85. The number of rotatable bonds is 6. The third kappa shape index (κ3) is 4.31. The standard InChI is InChI=1S/C21H25N5O2/c1-25(14-16-7-8-19-20(13-16)24-28-23-19)21(27)22-10-12-26-11-9-18(15-26)17-5-3-2-4-6-17/h2-8,13,18H,9-12,14-15H2,1H3,(H,22,27)/t18-/m0/s1. The highest BCUT2D eigenvalue weighted by atomic mass is 16.6. The zero-order valence-electron chi connectivity index (χ0n) is 16.0. The molecular weight excluding hydrogens is 354 g/mol. The number of fused-ring (bicyclic) bond motifs is 1. The number of benzene rings is 2. The molecule has 2 heterocycles. The van der Waals surface area contributed by atoms with Crippen molar-refractivity contribution < 1.29 is 9.42 Å². The monoisotopic (exact) mass is 379 g/mol. The molecule has 1 aromatic heterocycles. The number of hydrogen-bond donors (Lipinski definition) is 1. The zero-order chi connectivity index (χ0) is 19.3. The molecule has 1 aliphatic heterocycles. The van der Waals surface area contributed by atoms with E-state index < -0.39 is 0 Å². The molecule has 1 aliphatic rings. The molecule has 0 saturated carbocycles. The van der Waals surface area contributed by atoms with Crippen molar-refractivity contribution in [2.24, 2.45) is 0 Å². The van der Waals surface area contributed by atoms with Gasteiger partial charge in [-0.2, -0.15) is 0 Å². The Labute approximate surface area is 164 Å². The topological polar surface area (TPSA) is 74.5 Å². The highest BCUT2D eigenvalue weighted by Gasteiger charge is 2.23. The Bertz CT molecular complexity index is 927. The summed E-state index contributed by atoms with van der Waals surface area (Å²) in [7, 11) is 1.79. The Hall–Kier alpha value is -2.93. The van der Waals surface area contributed by atoms with Gasteiger partial charge >= 0.3 is 6.03 Å². The Balaban J connectivity index is 1.21. The summed E-state index contributed by atoms with van der Waals surface area (Å²) in [6, 6.07) is 16.3. The summed E-state index contributed by atoms with van der Waals surface area (Å²) in [6.45, 7) is 4.17. The van der Waals surface area contributed by atoms with Gasteiger partial charge in [0.15, 0.2) is 0 Å². The molecule has 1 saturated heterocycles. The van der Waals surface area contributed by atoms with Crippen LogP contribution < -0.4 is 5.32 Å². The molecule has 28 heavy (non-hydrogen) atoms. The molecular formula is C21H25N5O2. The van der Waals surface area contributed by atoms with Crippen molar-refractivity contribution in [1.82, 2.24) is 25.4 Å². The van der Waals surface area contributed by atoms with E-state index in [1.165, 1.54) is 12.0 Å². The maximum Gasteiger partial charge on any atom is 0.317 e. The summed E-state index contributed by atoms with van der Waals surface area (Å²) in [5, 5.41) is 10.7. The van der Waals surface area contributed by atoms with Crippen LogP contribution in [0.5, 0.6) is 0 Å². The van der Waals surface area contributed by atoms with Gasteiger partial charge in [0.1, 0.15) is 11.0 Å². The fourth-order valence-electron chi connectivity index (χ4n) is 3.76. The number of likely N-dealkylation sites (tertiary alicyclic amines) is 1. The van der Waals surface area contributed by atoms with Crippen LogP contribution >= 0.6 is 0 Å². The van der Waals surface area contributed by atoms with Crippen molar-refractivity contribution in [3.63, 3.8) is 0 Å². The number of nitrogens with one attached hydrogen (secondary N) is 1. The molecule has 0 aliphatic carbocycles. The molecule has 3 aromatic rings. The predicted molar refractivity (Wildman–Crippen MR) is 107 cm³/mol. The lowest BCUT2D eigenvalue weighted by Crippen LogP contribution is -2.40. The normalized spacial score (nSPS) is 17.1. The fourth-order valence-corrected chi connectivity index (χ4v) is 3.76. The first kappa shape index (κ1) is 18.4. The maximum absolute atomic E-state index is 12.4. The minimum absolute atomic E-state index is 0.0721. The molecule has 7 nitrogen and oxygen atoms in total. The fraction of sp³-hybridized carbons (Fsp3) is 0.381. The average Bonchev–Trinajstić information content (AvgIpc) is 3.37. The van der Waals surface area contributed by atoms with Crippen LogP contribution in [0.25, 0.3) is 11.0 Å². The number of urea groups is 1. The van der Waals surface area contributed by atoms with E-state index in [1.54, 1.807) is 11.9 Å². The second kappa shape index (κ2) is 8.39. The summed E-state index contributed by atoms with van der Waals surface area (Å²) in [6.07, 6.45) is 1.18. The first-order chi connectivity index (χ1) is 13.7. The van der Waals surface area contributed by atoms with Crippen molar-refractivity contribution in [1.29, 1.82) is 0 Å². The van der Waals surface area contributed by atoms with E-state index in [1.807, 2.05) is 18.2 Å². The van der Waals surface area contributed by atoms with Gasteiger partial charge in [0.05, 0.1) is 0 Å². The van der Waals surface area contributed by atoms with Crippen molar-refractivity contribution in [3.8, 4) is 0 Å². The van der Waals surface area contributed by atoms with Crippen LogP contribution in [0.3, 0.4) is 0 Å². The Kier molecular flexibility index (Phi) is 5.53. The lowest BCUT2D eigenvalue weighted by molar-refractivity contribution is 0.205. The molecule has 0 bridgehead atoms. The van der Waals surface area contributed by atoms with Gasteiger partial charge in [0.2, 0.25) is 0 Å². The molecule has 1 fully saturated rings. The minimum atomic E-state index is -0.0721. The molecule has 1 N–H and O–H groups in total. The maximum atomic E-state index is 12.4. The lowest BCUT2D eigenvalue weighted by atomic mass is 9.99. The molecule has 4 rings (SSSR count). The highest BCUT2D eigenvalue weighted by Crippen LogP contribution is 2.26. The van der Waals surface area contributed by atoms with Crippen LogP contribution in [-0.4, -0.2) is 59.4 Å². The van der Waals surface area contributed by atoms with Gasteiger partial charge in [-0.3, -0.25) is 0 Å². The van der Waals surface area contributed by atoms with E-state index in [0.29, 0.717) is 24.5 Å². The largest absolute Gasteiger partial charge is 0.337 e. The van der Waals surface area contributed by atoms with E-state index in [9.17, 15) is 4.79 Å². The van der Waals surface area contributed by atoms with E-state index in [-0.39, 0.29) is 6.03 Å². The quantitative estimate of drug-likeness (QED) is 0.713. The third-order valence-corrected chi connectivity index (χ3v) is 5.33. The van der Waals surface area contributed by atoms with Gasteiger partial charge in [0.25, 0.3) is 0 Å². The van der Waals surface area contributed by atoms with Crippen LogP contribution in [0.2, 0.25) is 0 Å². The highest BCUT2D eigenvalue weighted by molar-refractivity contribution is 5.75. The van der Waals surface area contributed by atoms with Crippen LogP contribution in [0.1, 0.15) is 23.5 Å². The molecule has 0 unspecified atom stereocenters. The Morgan fingerprint density at radius 3 is 2.89 bits per heavy atom. The summed E-state index contributed by atoms with van der Waals surface area (Å²) < 4.78 is 4.71. The first-order valence-electron chi connectivity index (χ1n) is 9.66. The summed E-state index contributed by atoms with van der Waals surface area (Å²) in [5.41, 5.74) is 3.82. The van der Waals surface area contributed by atoms with Gasteiger partial charge in [-0.25, -0.2) is 9.42 Å². The van der Waals surface area contributed by atoms with Crippen LogP contribution in [0, 0.1) is 0 Å². The molecule has 1 atom stereocenters. The van der Waals surface area contributed by atoms with Gasteiger partial charge in [-0.05, 0) is 52.5 Å². The van der Waals surface area contributed by atoms with Gasteiger partial charge in [0, 0.05) is 33.2 Å². The van der Waals surface area contributed by atoms with E-state index in [4.69, 9.17) is 4.63 Å². The van der Waals surface area contributed by atoms with E-state index >= 15 is 0 Å². The first-order valence-corrected chi connectivity index (χ1v) is 9.66. The summed E-state index contributed by atoms with van der Waals surface area (Å²) >= 11 is 0. The number of carbonyl (C=O) groups is 1. The Morgan fingerprint density at radius 2 is 2.04 bits per heavy atom. The van der Waals surface area contributed by atoms with Crippen molar-refractivity contribution in [2.75, 3.05) is 33.2 Å². The van der Waals surface area contributed by atoms with Gasteiger partial charge in [-0.1, -0.05) is 36.4 Å². The number of aromatic nitrogens is 2. The second-order valence-electron chi connectivity index (χ2n) is 7.37. The second-order valence-corrected chi connectivity index (χ2v) is 7.37. The molecule has 0 radical (unpaired) electrons. The number of nitrogens with zero attached hydrogens (tertiary/aromatic N) is 4. The van der Waals surface area contributed by atoms with E-state index in [0.717, 1.165) is 30.7 Å². The smallest absolute Gasteiger partial charge is 0.317 e. The van der Waals surface area contributed by atoms with Crippen LogP contribution in [0.15, 0.2) is 53.2 Å². The number of amides is 2. The summed E-state index contributed by atoms with van der Waals surface area (Å²) in [4.78, 5) is 16.5. The molecule has 2 amide bonds. The molecule has 7 heteroatoms. The molecule has 2 aromatic carbocycles. The van der Waals surface area contributed by atoms with Crippen LogP contribution in [-0.2, 0) is 6.54 Å². The van der Waals surface area contributed by atoms with E-state index in [2.05, 4.69) is 50.9 Å². The lowest BCUT2D eigenvalue weighted by Gasteiger charge is -2.20. The minimum Gasteiger partial charge on any atom is -0.337 e. The van der Waals surface area contributed by atoms with Gasteiger partial charge in [-0.15, -0.1) is 0 Å². The van der Waals surface area contributed by atoms with Crippen LogP contribution in [0.4, 0.5) is 4.79 Å². The SMILES string of the molecule is CN(Cc1ccc2nonc2c1)C(=O)NCCN1CC[C@H](c2ccccc2)C1. The zero-order valence-corrected chi connectivity index (χ0v) is 16.0. The number of carbonyl (C=O) groups excluding carboxylic acids is 1. The molecule has 0 spiro atoms. The number of hydrogen-bond acceptors (Lipinski definition) is 5. The molecule has 146 valence electrons. The van der Waals surface area contributed by atoms with Crippen molar-refractivity contribution in [2.45, 2.75) is 18.9 Å². The van der Waals surface area contributed by atoms with Crippen molar-refractivity contribution >= 4 is 17.1 Å². The third-order valence-electron chi connectivity index (χ3n) is 5.33.